The second-order valence-corrected chi connectivity index (χ2v) is 13.4. The van der Waals surface area contributed by atoms with Crippen LogP contribution in [0.15, 0.2) is 219 Å². The maximum Gasteiger partial charge on any atom is 0.0541 e. The summed E-state index contributed by atoms with van der Waals surface area (Å²) in [5.74, 6) is 0. The zero-order chi connectivity index (χ0) is 36.4. The van der Waals surface area contributed by atoms with E-state index in [0.29, 0.717) is 0 Å². The highest BCUT2D eigenvalue weighted by Crippen LogP contribution is 2.40. The predicted molar refractivity (Wildman–Crippen MR) is 232 cm³/mol. The lowest BCUT2D eigenvalue weighted by Gasteiger charge is -2.14. The van der Waals surface area contributed by atoms with Crippen LogP contribution >= 0.6 is 0 Å². The molecule has 0 amide bonds. The molecule has 0 bridgehead atoms. The predicted octanol–water partition coefficient (Wildman–Crippen LogP) is 14.2. The standard InChI is InChI=1S/C48H32N2.C4H6/c1-3-13-33(14-4-1)34-23-25-35(26-24-34)39-17-7-10-20-44(39)50-46-22-12-9-19-41(46)43-32-37(28-30-48(43)50)36-27-29-47-42(31-36)40-18-8-11-21-45(40)49(47)38-15-5-2-6-16-38;1-3-4-2/h1-32H;3-4H,1-2H2. The third kappa shape index (κ3) is 5.71. The van der Waals surface area contributed by atoms with Crippen molar-refractivity contribution in [1.29, 1.82) is 0 Å². The Bertz CT molecular complexity index is 2940. The zero-order valence-corrected chi connectivity index (χ0v) is 29.9. The van der Waals surface area contributed by atoms with Gasteiger partial charge in [0.1, 0.15) is 0 Å². The van der Waals surface area contributed by atoms with Crippen LogP contribution in [0.3, 0.4) is 0 Å². The first-order chi connectivity index (χ1) is 26.7. The summed E-state index contributed by atoms with van der Waals surface area (Å²) in [4.78, 5) is 0. The van der Waals surface area contributed by atoms with Crippen LogP contribution in [-0.4, -0.2) is 9.13 Å². The molecule has 0 saturated carbocycles. The van der Waals surface area contributed by atoms with E-state index in [4.69, 9.17) is 0 Å². The Labute approximate surface area is 315 Å². The number of fused-ring (bicyclic) bond motifs is 6. The number of rotatable bonds is 6. The molecule has 0 unspecified atom stereocenters. The molecule has 0 spiro atoms. The van der Waals surface area contributed by atoms with Gasteiger partial charge in [-0.05, 0) is 82.4 Å². The fourth-order valence-corrected chi connectivity index (χ4v) is 7.81. The van der Waals surface area contributed by atoms with Crippen molar-refractivity contribution < 1.29 is 0 Å². The van der Waals surface area contributed by atoms with E-state index in [9.17, 15) is 0 Å². The molecule has 8 aromatic carbocycles. The molecular weight excluding hydrogens is 653 g/mol. The molecule has 0 N–H and O–H groups in total. The Morgan fingerprint density at radius 3 is 1.35 bits per heavy atom. The highest BCUT2D eigenvalue weighted by atomic mass is 15.0. The van der Waals surface area contributed by atoms with E-state index in [0.717, 1.165) is 0 Å². The molecule has 2 nitrogen and oxygen atoms in total. The van der Waals surface area contributed by atoms with E-state index in [1.54, 1.807) is 12.2 Å². The van der Waals surface area contributed by atoms with Crippen molar-refractivity contribution in [3.05, 3.63) is 219 Å². The van der Waals surface area contributed by atoms with Crippen LogP contribution in [-0.2, 0) is 0 Å². The van der Waals surface area contributed by atoms with Gasteiger partial charge in [0.05, 0.1) is 27.8 Å². The van der Waals surface area contributed by atoms with Crippen LogP contribution in [0.4, 0.5) is 0 Å². The van der Waals surface area contributed by atoms with Crippen LogP contribution in [0.2, 0.25) is 0 Å². The van der Waals surface area contributed by atoms with Crippen LogP contribution < -0.4 is 0 Å². The summed E-state index contributed by atoms with van der Waals surface area (Å²) in [5, 5.41) is 5.02. The minimum absolute atomic E-state index is 1.17. The normalized spacial score (nSPS) is 11.1. The lowest BCUT2D eigenvalue weighted by Crippen LogP contribution is -1.97. The minimum Gasteiger partial charge on any atom is -0.309 e. The molecule has 0 atom stereocenters. The largest absolute Gasteiger partial charge is 0.309 e. The maximum absolute atomic E-state index is 3.36. The van der Waals surface area contributed by atoms with Crippen molar-refractivity contribution in [2.75, 3.05) is 0 Å². The van der Waals surface area contributed by atoms with Gasteiger partial charge in [-0.25, -0.2) is 0 Å². The van der Waals surface area contributed by atoms with Gasteiger partial charge < -0.3 is 9.13 Å². The third-order valence-electron chi connectivity index (χ3n) is 10.3. The summed E-state index contributed by atoms with van der Waals surface area (Å²) >= 11 is 0. The maximum atomic E-state index is 3.36. The molecule has 0 aliphatic carbocycles. The van der Waals surface area contributed by atoms with Gasteiger partial charge in [0.2, 0.25) is 0 Å². The van der Waals surface area contributed by atoms with Gasteiger partial charge in [-0.1, -0.05) is 165 Å². The number of hydrogen-bond acceptors (Lipinski definition) is 0. The average molecular weight is 691 g/mol. The van der Waals surface area contributed by atoms with Gasteiger partial charge >= 0.3 is 0 Å². The number of hydrogen-bond donors (Lipinski definition) is 0. The summed E-state index contributed by atoms with van der Waals surface area (Å²) in [6.45, 7) is 6.72. The number of nitrogens with zero attached hydrogens (tertiary/aromatic N) is 2. The molecule has 54 heavy (non-hydrogen) atoms. The zero-order valence-electron chi connectivity index (χ0n) is 29.9. The van der Waals surface area contributed by atoms with Gasteiger partial charge in [-0.2, -0.15) is 0 Å². The quantitative estimate of drug-likeness (QED) is 0.154. The topological polar surface area (TPSA) is 9.86 Å². The van der Waals surface area contributed by atoms with Crippen molar-refractivity contribution in [1.82, 2.24) is 9.13 Å². The van der Waals surface area contributed by atoms with E-state index in [2.05, 4.69) is 216 Å². The summed E-state index contributed by atoms with van der Waals surface area (Å²) in [7, 11) is 0. The molecule has 0 aliphatic rings. The number of allylic oxidation sites excluding steroid dienone is 2. The van der Waals surface area contributed by atoms with Gasteiger partial charge in [0.15, 0.2) is 0 Å². The second kappa shape index (κ2) is 14.1. The molecule has 2 heterocycles. The number of aromatic nitrogens is 2. The first-order valence-electron chi connectivity index (χ1n) is 18.3. The summed E-state index contributed by atoms with van der Waals surface area (Å²) < 4.78 is 4.81. The number of para-hydroxylation sites is 4. The molecule has 0 fully saturated rings. The van der Waals surface area contributed by atoms with E-state index >= 15 is 0 Å². The fraction of sp³-hybridized carbons (Fsp3) is 0. The van der Waals surface area contributed by atoms with Gasteiger partial charge in [0.25, 0.3) is 0 Å². The van der Waals surface area contributed by atoms with Gasteiger partial charge in [-0.3, -0.25) is 0 Å². The van der Waals surface area contributed by atoms with Gasteiger partial charge in [0, 0.05) is 32.8 Å². The molecule has 10 aromatic rings. The average Bonchev–Trinajstić information content (AvgIpc) is 3.76. The lowest BCUT2D eigenvalue weighted by molar-refractivity contribution is 1.18. The smallest absolute Gasteiger partial charge is 0.0541 e. The summed E-state index contributed by atoms with van der Waals surface area (Å²) in [5.41, 5.74) is 14.5. The molecule has 0 saturated heterocycles. The Morgan fingerprint density at radius 2 is 0.741 bits per heavy atom. The Kier molecular flexibility index (Phi) is 8.55. The van der Waals surface area contributed by atoms with Crippen molar-refractivity contribution >= 4 is 43.6 Å². The Balaban J connectivity index is 0.000000918. The van der Waals surface area contributed by atoms with Crippen LogP contribution in [0.25, 0.3) is 88.4 Å². The first-order valence-corrected chi connectivity index (χ1v) is 18.3. The molecule has 0 aliphatic heterocycles. The highest BCUT2D eigenvalue weighted by molar-refractivity contribution is 6.13. The van der Waals surface area contributed by atoms with Crippen LogP contribution in [0.1, 0.15) is 0 Å². The van der Waals surface area contributed by atoms with Crippen LogP contribution in [0.5, 0.6) is 0 Å². The van der Waals surface area contributed by atoms with E-state index in [1.807, 2.05) is 0 Å². The van der Waals surface area contributed by atoms with E-state index < -0.39 is 0 Å². The van der Waals surface area contributed by atoms with E-state index in [-0.39, 0.29) is 0 Å². The molecule has 0 radical (unpaired) electrons. The molecular formula is C52H38N2. The first kappa shape index (κ1) is 32.7. The second-order valence-electron chi connectivity index (χ2n) is 13.4. The Morgan fingerprint density at radius 1 is 0.315 bits per heavy atom. The Hall–Kier alpha value is -7.16. The SMILES string of the molecule is C=CC=C.c1ccc(-c2ccc(-c3ccccc3-n3c4ccccc4c4cc(-c5ccc6c(c5)c5ccccc5n6-c5ccccc5)ccc43)cc2)cc1. The summed E-state index contributed by atoms with van der Waals surface area (Å²) in [6.07, 6.45) is 3.28. The monoisotopic (exact) mass is 690 g/mol. The third-order valence-corrected chi connectivity index (χ3v) is 10.3. The number of benzene rings is 8. The van der Waals surface area contributed by atoms with Crippen molar-refractivity contribution in [3.8, 4) is 44.8 Å². The van der Waals surface area contributed by atoms with Gasteiger partial charge in [-0.15, -0.1) is 0 Å². The molecule has 256 valence electrons. The van der Waals surface area contributed by atoms with Crippen molar-refractivity contribution in [2.45, 2.75) is 0 Å². The fourth-order valence-electron chi connectivity index (χ4n) is 7.81. The molecule has 2 heteroatoms. The minimum atomic E-state index is 1.17. The lowest BCUT2D eigenvalue weighted by atomic mass is 9.99. The van der Waals surface area contributed by atoms with Crippen LogP contribution in [0, 0.1) is 0 Å². The highest BCUT2D eigenvalue weighted by Gasteiger charge is 2.17. The van der Waals surface area contributed by atoms with E-state index in [1.165, 1.54) is 88.4 Å². The molecule has 2 aromatic heterocycles. The summed E-state index contributed by atoms with van der Waals surface area (Å²) in [6, 6.07) is 70.4. The van der Waals surface area contributed by atoms with Crippen molar-refractivity contribution in [2.24, 2.45) is 0 Å². The van der Waals surface area contributed by atoms with Crippen molar-refractivity contribution in [3.63, 3.8) is 0 Å². The molecule has 10 rings (SSSR count).